The smallest absolute Gasteiger partial charge is 0.237 e. The number of hydrogen-bond acceptors (Lipinski definition) is 3. The molecule has 0 bridgehead atoms. The van der Waals surface area contributed by atoms with Gasteiger partial charge in [-0.15, -0.1) is 0 Å². The maximum absolute atomic E-state index is 10.5. The van der Waals surface area contributed by atoms with Crippen LogP contribution < -0.4 is 5.73 Å². The highest BCUT2D eigenvalue weighted by Gasteiger charge is 2.04. The zero-order chi connectivity index (χ0) is 9.14. The number of rotatable bonds is 3. The van der Waals surface area contributed by atoms with E-state index in [1.165, 1.54) is 4.57 Å². The van der Waals surface area contributed by atoms with Crippen LogP contribution in [0.25, 0.3) is 0 Å². The van der Waals surface area contributed by atoms with Gasteiger partial charge in [-0.3, -0.25) is 4.79 Å². The number of carbonyl (C=O) groups excluding carboxylic acids is 1. The van der Waals surface area contributed by atoms with Crippen molar-refractivity contribution in [1.82, 2.24) is 9.55 Å². The van der Waals surface area contributed by atoms with E-state index in [1.54, 1.807) is 6.20 Å². The van der Waals surface area contributed by atoms with E-state index in [2.05, 4.69) is 4.98 Å². The molecule has 0 fully saturated rings. The van der Waals surface area contributed by atoms with Crippen molar-refractivity contribution in [2.75, 3.05) is 0 Å². The number of nitrogens with two attached hydrogens (primary N) is 1. The largest absolute Gasteiger partial charge is 0.390 e. The molecule has 0 spiro atoms. The highest BCUT2D eigenvalue weighted by Crippen LogP contribution is 2.00. The summed E-state index contributed by atoms with van der Waals surface area (Å²) in [6, 6.07) is 0. The Morgan fingerprint density at radius 1 is 1.83 bits per heavy atom. The van der Waals surface area contributed by atoms with E-state index in [9.17, 15) is 4.79 Å². The van der Waals surface area contributed by atoms with Gasteiger partial charge in [-0.05, 0) is 12.2 Å². The summed E-state index contributed by atoms with van der Waals surface area (Å²) in [6.45, 7) is -0.168. The Morgan fingerprint density at radius 2 is 2.50 bits per heavy atom. The van der Waals surface area contributed by atoms with Crippen LogP contribution in [0.3, 0.4) is 0 Å². The third-order valence-electron chi connectivity index (χ3n) is 1.43. The number of carbonyl (C=O) groups is 1. The van der Waals surface area contributed by atoms with E-state index in [0.29, 0.717) is 10.5 Å². The van der Waals surface area contributed by atoms with E-state index >= 15 is 0 Å². The summed E-state index contributed by atoms with van der Waals surface area (Å²) in [4.78, 5) is 13.3. The van der Waals surface area contributed by atoms with Gasteiger partial charge in [0, 0.05) is 6.20 Å². The number of H-pyrrole nitrogens is 1. The first-order valence-corrected chi connectivity index (χ1v) is 3.72. The zero-order valence-corrected chi connectivity index (χ0v) is 7.10. The predicted octanol–water partition coefficient (Wildman–Crippen LogP) is -0.477. The summed E-state index contributed by atoms with van der Waals surface area (Å²) in [5.41, 5.74) is 5.53. The SMILES string of the molecule is NC(=O)Cn1c(CO)c[nH]c1=S. The fourth-order valence-corrected chi connectivity index (χ4v) is 1.13. The van der Waals surface area contributed by atoms with Gasteiger partial charge in [-0.2, -0.15) is 0 Å². The van der Waals surface area contributed by atoms with Crippen LogP contribution in [-0.4, -0.2) is 20.6 Å². The average Bonchev–Trinajstić information content (AvgIpc) is 2.32. The fraction of sp³-hybridized carbons (Fsp3) is 0.333. The minimum Gasteiger partial charge on any atom is -0.390 e. The molecule has 4 N–H and O–H groups in total. The lowest BCUT2D eigenvalue weighted by atomic mass is 10.5. The van der Waals surface area contributed by atoms with Gasteiger partial charge in [0.25, 0.3) is 0 Å². The Bertz CT molecular complexity index is 341. The molecule has 0 atom stereocenters. The Hall–Kier alpha value is -1.14. The molecule has 66 valence electrons. The molecule has 1 heterocycles. The standard InChI is InChI=1S/C6H9N3O2S/c7-5(11)2-9-4(3-10)1-8-6(9)12/h1,10H,2-3H2,(H2,7,11)(H,8,12). The number of amides is 1. The maximum atomic E-state index is 10.5. The predicted molar refractivity (Wildman–Crippen MR) is 44.7 cm³/mol. The molecule has 0 saturated carbocycles. The minimum absolute atomic E-state index is 0.00176. The van der Waals surface area contributed by atoms with Crippen LogP contribution >= 0.6 is 12.2 Å². The van der Waals surface area contributed by atoms with Gasteiger partial charge in [0.2, 0.25) is 5.91 Å². The van der Waals surface area contributed by atoms with Crippen LogP contribution in [-0.2, 0) is 17.9 Å². The lowest BCUT2D eigenvalue weighted by Gasteiger charge is -2.01. The number of aromatic nitrogens is 2. The number of primary amides is 1. The summed E-state index contributed by atoms with van der Waals surface area (Å²) in [5.74, 6) is -0.486. The normalized spacial score (nSPS) is 10.1. The molecule has 0 aromatic carbocycles. The highest BCUT2D eigenvalue weighted by molar-refractivity contribution is 7.71. The van der Waals surface area contributed by atoms with Crippen LogP contribution in [0.5, 0.6) is 0 Å². The van der Waals surface area contributed by atoms with Crippen LogP contribution in [0.4, 0.5) is 0 Å². The van der Waals surface area contributed by atoms with Gasteiger partial charge in [-0.1, -0.05) is 0 Å². The van der Waals surface area contributed by atoms with Gasteiger partial charge < -0.3 is 20.4 Å². The lowest BCUT2D eigenvalue weighted by molar-refractivity contribution is -0.118. The average molecular weight is 187 g/mol. The lowest BCUT2D eigenvalue weighted by Crippen LogP contribution is -2.20. The monoisotopic (exact) mass is 187 g/mol. The molecule has 1 rings (SSSR count). The molecule has 0 aliphatic rings. The summed E-state index contributed by atoms with van der Waals surface area (Å²) in [7, 11) is 0. The molecule has 1 amide bonds. The van der Waals surface area contributed by atoms with Crippen LogP contribution in [0.1, 0.15) is 5.69 Å². The van der Waals surface area contributed by atoms with Gasteiger partial charge in [0.1, 0.15) is 6.54 Å². The molecule has 5 nitrogen and oxygen atoms in total. The summed E-state index contributed by atoms with van der Waals surface area (Å²) in [5, 5.41) is 8.81. The van der Waals surface area contributed by atoms with Crippen molar-refractivity contribution in [3.63, 3.8) is 0 Å². The number of aliphatic hydroxyl groups is 1. The van der Waals surface area contributed by atoms with Crippen molar-refractivity contribution in [1.29, 1.82) is 0 Å². The Balaban J connectivity index is 3.02. The zero-order valence-electron chi connectivity index (χ0n) is 6.28. The second kappa shape index (κ2) is 3.51. The van der Waals surface area contributed by atoms with Crippen molar-refractivity contribution in [3.8, 4) is 0 Å². The maximum Gasteiger partial charge on any atom is 0.237 e. The quantitative estimate of drug-likeness (QED) is 0.559. The van der Waals surface area contributed by atoms with Gasteiger partial charge in [0.05, 0.1) is 12.3 Å². The van der Waals surface area contributed by atoms with E-state index in [4.69, 9.17) is 23.1 Å². The third kappa shape index (κ3) is 1.72. The first-order valence-electron chi connectivity index (χ1n) is 3.31. The van der Waals surface area contributed by atoms with Crippen molar-refractivity contribution in [2.45, 2.75) is 13.2 Å². The van der Waals surface area contributed by atoms with E-state index < -0.39 is 5.91 Å². The molecular formula is C6H9N3O2S. The van der Waals surface area contributed by atoms with Crippen LogP contribution in [0.15, 0.2) is 6.20 Å². The molecule has 0 aliphatic carbocycles. The topological polar surface area (TPSA) is 84.0 Å². The number of nitrogens with one attached hydrogen (secondary N) is 1. The molecule has 0 saturated heterocycles. The Morgan fingerprint density at radius 3 is 3.00 bits per heavy atom. The molecular weight excluding hydrogens is 178 g/mol. The van der Waals surface area contributed by atoms with E-state index in [1.807, 2.05) is 0 Å². The minimum atomic E-state index is -0.486. The van der Waals surface area contributed by atoms with Crippen molar-refractivity contribution in [2.24, 2.45) is 5.73 Å². The molecule has 0 radical (unpaired) electrons. The number of imidazole rings is 1. The number of aromatic amines is 1. The Kier molecular flexibility index (Phi) is 2.61. The molecule has 6 heteroatoms. The van der Waals surface area contributed by atoms with Crippen LogP contribution in [0.2, 0.25) is 0 Å². The van der Waals surface area contributed by atoms with E-state index in [-0.39, 0.29) is 13.2 Å². The number of hydrogen-bond donors (Lipinski definition) is 3. The van der Waals surface area contributed by atoms with Crippen LogP contribution in [0, 0.1) is 4.77 Å². The summed E-state index contributed by atoms with van der Waals surface area (Å²) < 4.78 is 1.84. The molecule has 0 aliphatic heterocycles. The molecule has 1 aromatic rings. The molecule has 1 aromatic heterocycles. The van der Waals surface area contributed by atoms with Gasteiger partial charge in [-0.25, -0.2) is 0 Å². The first-order chi connectivity index (χ1) is 5.65. The van der Waals surface area contributed by atoms with Crippen molar-refractivity contribution in [3.05, 3.63) is 16.7 Å². The summed E-state index contributed by atoms with van der Waals surface area (Å²) in [6.07, 6.45) is 1.55. The molecule has 12 heavy (non-hydrogen) atoms. The number of nitrogens with zero attached hydrogens (tertiary/aromatic N) is 1. The fourth-order valence-electron chi connectivity index (χ4n) is 0.891. The summed E-state index contributed by atoms with van der Waals surface area (Å²) >= 11 is 4.85. The van der Waals surface area contributed by atoms with Gasteiger partial charge >= 0.3 is 0 Å². The van der Waals surface area contributed by atoms with Crippen molar-refractivity contribution >= 4 is 18.1 Å². The van der Waals surface area contributed by atoms with Crippen molar-refractivity contribution < 1.29 is 9.90 Å². The Labute approximate surface area is 73.8 Å². The number of aliphatic hydroxyl groups excluding tert-OH is 1. The second-order valence-corrected chi connectivity index (χ2v) is 2.68. The first kappa shape index (κ1) is 8.95. The third-order valence-corrected chi connectivity index (χ3v) is 1.77. The van der Waals surface area contributed by atoms with E-state index in [0.717, 1.165) is 0 Å². The van der Waals surface area contributed by atoms with Gasteiger partial charge in [0.15, 0.2) is 4.77 Å². The highest BCUT2D eigenvalue weighted by atomic mass is 32.1. The second-order valence-electron chi connectivity index (χ2n) is 2.30. The molecule has 0 unspecified atom stereocenters.